The van der Waals surface area contributed by atoms with Crippen LogP contribution in [0.1, 0.15) is 32.3 Å². The van der Waals surface area contributed by atoms with Crippen LogP contribution >= 0.6 is 7.92 Å². The second-order valence-corrected chi connectivity index (χ2v) is 11.0. The lowest BCUT2D eigenvalue weighted by Crippen LogP contribution is -2.21. The van der Waals surface area contributed by atoms with E-state index >= 15 is 0 Å². The molecule has 1 unspecified atom stereocenters. The average Bonchev–Trinajstić information content (AvgIpc) is 3.14. The minimum atomic E-state index is -0.717. The Kier molecular flexibility index (Phi) is 5.23. The predicted octanol–water partition coefficient (Wildman–Crippen LogP) is 5.76. The summed E-state index contributed by atoms with van der Waals surface area (Å²) >= 11 is 0. The second-order valence-electron chi connectivity index (χ2n) is 7.96. The second kappa shape index (κ2) is 7.68. The molecule has 0 saturated heterocycles. The Labute approximate surface area is 173 Å². The summed E-state index contributed by atoms with van der Waals surface area (Å²) in [4.78, 5) is 4.62. The zero-order chi connectivity index (χ0) is 20.6. The van der Waals surface area contributed by atoms with Crippen molar-refractivity contribution in [1.82, 2.24) is 4.98 Å². The number of pyridine rings is 1. The molecule has 5 heteroatoms. The largest absolute Gasteiger partial charge is 0.496 e. The van der Waals surface area contributed by atoms with E-state index in [2.05, 4.69) is 44.0 Å². The number of methoxy groups -OCH3 is 2. The van der Waals surface area contributed by atoms with Gasteiger partial charge in [0.2, 0.25) is 0 Å². The number of aromatic nitrogens is 1. The van der Waals surface area contributed by atoms with Gasteiger partial charge in [-0.1, -0.05) is 45.0 Å². The van der Waals surface area contributed by atoms with Gasteiger partial charge in [-0.15, -0.1) is 0 Å². The number of hydrogen-bond donors (Lipinski definition) is 0. The van der Waals surface area contributed by atoms with Gasteiger partial charge in [0, 0.05) is 17.1 Å². The van der Waals surface area contributed by atoms with E-state index in [1.54, 1.807) is 14.2 Å². The third-order valence-electron chi connectivity index (χ3n) is 5.07. The Morgan fingerprint density at radius 1 is 0.897 bits per heavy atom. The molecule has 0 spiro atoms. The van der Waals surface area contributed by atoms with Crippen LogP contribution in [-0.2, 0) is 0 Å². The van der Waals surface area contributed by atoms with Crippen LogP contribution in [-0.4, -0.2) is 24.4 Å². The van der Waals surface area contributed by atoms with E-state index in [0.717, 1.165) is 34.1 Å². The summed E-state index contributed by atoms with van der Waals surface area (Å²) in [7, 11) is 2.67. The van der Waals surface area contributed by atoms with Crippen molar-refractivity contribution >= 4 is 13.2 Å². The van der Waals surface area contributed by atoms with E-state index in [1.165, 1.54) is 5.30 Å². The molecule has 4 rings (SSSR count). The molecular formula is C24H26NO3P. The lowest BCUT2D eigenvalue weighted by atomic mass is 10.0. The number of nitrogens with zero attached hydrogens (tertiary/aromatic N) is 1. The number of rotatable bonds is 4. The van der Waals surface area contributed by atoms with Crippen molar-refractivity contribution in [3.8, 4) is 28.4 Å². The first-order chi connectivity index (χ1) is 14.0. The predicted molar refractivity (Wildman–Crippen MR) is 119 cm³/mol. The molecule has 3 aromatic rings. The molecule has 1 aliphatic heterocycles. The van der Waals surface area contributed by atoms with Crippen molar-refractivity contribution in [3.63, 3.8) is 0 Å². The minimum absolute atomic E-state index is 0.0219. The maximum atomic E-state index is 6.53. The Bertz CT molecular complexity index is 992. The fourth-order valence-corrected chi connectivity index (χ4v) is 6.93. The van der Waals surface area contributed by atoms with Crippen LogP contribution in [0.2, 0.25) is 0 Å². The van der Waals surface area contributed by atoms with Gasteiger partial charge in [-0.3, -0.25) is 4.98 Å². The quantitative estimate of drug-likeness (QED) is 0.516. The zero-order valence-electron chi connectivity index (χ0n) is 17.5. The molecule has 150 valence electrons. The van der Waals surface area contributed by atoms with E-state index in [1.807, 2.05) is 42.6 Å². The van der Waals surface area contributed by atoms with Gasteiger partial charge in [0.1, 0.15) is 17.2 Å². The van der Waals surface area contributed by atoms with Crippen LogP contribution in [0.4, 0.5) is 0 Å². The average molecular weight is 407 g/mol. The highest BCUT2D eigenvalue weighted by Crippen LogP contribution is 2.66. The maximum Gasteiger partial charge on any atom is 0.163 e. The van der Waals surface area contributed by atoms with Gasteiger partial charge in [-0.2, -0.15) is 0 Å². The van der Waals surface area contributed by atoms with Gasteiger partial charge in [0.25, 0.3) is 0 Å². The van der Waals surface area contributed by atoms with Crippen molar-refractivity contribution in [3.05, 3.63) is 66.5 Å². The monoisotopic (exact) mass is 407 g/mol. The lowest BCUT2D eigenvalue weighted by molar-refractivity contribution is 0.295. The molecule has 0 N–H and O–H groups in total. The normalized spacial score (nSPS) is 18.1. The van der Waals surface area contributed by atoms with Crippen LogP contribution in [0, 0.1) is 0 Å². The van der Waals surface area contributed by atoms with E-state index in [4.69, 9.17) is 14.2 Å². The molecule has 2 atom stereocenters. The number of ether oxygens (including phenoxy) is 3. The first-order valence-electron chi connectivity index (χ1n) is 9.67. The Hall–Kier alpha value is -2.58. The van der Waals surface area contributed by atoms with E-state index in [-0.39, 0.29) is 11.0 Å². The fourth-order valence-electron chi connectivity index (χ4n) is 3.88. The van der Waals surface area contributed by atoms with E-state index < -0.39 is 7.92 Å². The summed E-state index contributed by atoms with van der Waals surface area (Å²) in [6.07, 6.45) is 1.84. The van der Waals surface area contributed by atoms with E-state index in [0.29, 0.717) is 0 Å². The summed E-state index contributed by atoms with van der Waals surface area (Å²) in [5, 5.41) is 1.27. The molecule has 0 fully saturated rings. The van der Waals surface area contributed by atoms with Crippen molar-refractivity contribution in [2.45, 2.75) is 31.8 Å². The molecular weight excluding hydrogens is 381 g/mol. The smallest absolute Gasteiger partial charge is 0.163 e. The molecule has 2 heterocycles. The number of hydrogen-bond acceptors (Lipinski definition) is 4. The molecule has 29 heavy (non-hydrogen) atoms. The summed E-state index contributed by atoms with van der Waals surface area (Å²) in [6, 6.07) is 18.2. The highest BCUT2D eigenvalue weighted by molar-refractivity contribution is 7.68. The molecule has 0 radical (unpaired) electrons. The van der Waals surface area contributed by atoms with Crippen LogP contribution in [0.5, 0.6) is 17.2 Å². The molecule has 0 aliphatic carbocycles. The van der Waals surface area contributed by atoms with Crippen molar-refractivity contribution < 1.29 is 14.2 Å². The molecule has 4 nitrogen and oxygen atoms in total. The summed E-state index contributed by atoms with van der Waals surface area (Å²) in [5.74, 6) is 2.43. The molecule has 0 bridgehead atoms. The first-order valence-corrected chi connectivity index (χ1v) is 11.1. The molecule has 1 aromatic heterocycles. The minimum Gasteiger partial charge on any atom is -0.496 e. The number of fused-ring (bicyclic) bond motifs is 1. The van der Waals surface area contributed by atoms with Crippen LogP contribution in [0.15, 0.2) is 60.8 Å². The lowest BCUT2D eigenvalue weighted by Gasteiger charge is -2.32. The topological polar surface area (TPSA) is 40.6 Å². The molecule has 2 aromatic carbocycles. The Morgan fingerprint density at radius 3 is 2.17 bits per heavy atom. The molecule has 0 saturated carbocycles. The van der Waals surface area contributed by atoms with Crippen molar-refractivity contribution in [2.24, 2.45) is 0 Å². The van der Waals surface area contributed by atoms with Gasteiger partial charge >= 0.3 is 0 Å². The highest BCUT2D eigenvalue weighted by Gasteiger charge is 2.45. The van der Waals surface area contributed by atoms with Gasteiger partial charge in [0.05, 0.1) is 25.5 Å². The summed E-state index contributed by atoms with van der Waals surface area (Å²) in [5.41, 5.74) is 3.05. The van der Waals surface area contributed by atoms with Crippen LogP contribution in [0.3, 0.4) is 0 Å². The molecule has 0 amide bonds. The first kappa shape index (κ1) is 19.7. The highest BCUT2D eigenvalue weighted by atomic mass is 31.1. The van der Waals surface area contributed by atoms with Gasteiger partial charge in [-0.05, 0) is 43.4 Å². The Morgan fingerprint density at radius 2 is 1.59 bits per heavy atom. The van der Waals surface area contributed by atoms with Gasteiger partial charge in [-0.25, -0.2) is 0 Å². The SMILES string of the molecule is COc1cccc(OC)c1-c1cccc2c1P(C(C)(C)C)[C@H](c1ccccn1)O2. The fraction of sp³-hybridized carbons (Fsp3) is 0.292. The summed E-state index contributed by atoms with van der Waals surface area (Å²) in [6.45, 7) is 6.84. The van der Waals surface area contributed by atoms with Crippen molar-refractivity contribution in [1.29, 1.82) is 0 Å². The van der Waals surface area contributed by atoms with Gasteiger partial charge in [0.15, 0.2) is 5.85 Å². The van der Waals surface area contributed by atoms with Crippen LogP contribution in [0.25, 0.3) is 11.1 Å². The zero-order valence-corrected chi connectivity index (χ0v) is 18.4. The van der Waals surface area contributed by atoms with E-state index in [9.17, 15) is 0 Å². The number of benzene rings is 2. The third kappa shape index (κ3) is 3.47. The Balaban J connectivity index is 1.96. The molecule has 1 aliphatic rings. The van der Waals surface area contributed by atoms with Crippen LogP contribution < -0.4 is 19.5 Å². The van der Waals surface area contributed by atoms with Crippen molar-refractivity contribution in [2.75, 3.05) is 14.2 Å². The maximum absolute atomic E-state index is 6.53. The third-order valence-corrected chi connectivity index (χ3v) is 8.30. The summed E-state index contributed by atoms with van der Waals surface area (Å²) < 4.78 is 17.9. The van der Waals surface area contributed by atoms with Gasteiger partial charge < -0.3 is 14.2 Å². The standard InChI is InChI=1S/C24H26NO3P/c1-24(2,3)29-22-16(21-18(26-4)12-9-13-19(21)27-5)10-8-14-20(22)28-23(29)17-11-6-7-15-25-17/h6-15,23H,1-5H3/t23-,29?/m1/s1.